The molecule has 0 saturated heterocycles. The number of dihydropyridines is 1. The summed E-state index contributed by atoms with van der Waals surface area (Å²) in [6, 6.07) is 11.5. The molecule has 0 saturated carbocycles. The number of amides is 1. The Hall–Kier alpha value is -4.52. The normalized spacial score (nSPS) is 17.8. The van der Waals surface area contributed by atoms with Gasteiger partial charge in [0.05, 0.1) is 40.8 Å². The minimum absolute atomic E-state index is 0.0194. The van der Waals surface area contributed by atoms with Gasteiger partial charge in [0.1, 0.15) is 4.90 Å². The van der Waals surface area contributed by atoms with E-state index in [1.54, 1.807) is 32.9 Å². The number of fused-ring (bicyclic) bond motifs is 1. The van der Waals surface area contributed by atoms with Gasteiger partial charge >= 0.3 is 11.9 Å². The van der Waals surface area contributed by atoms with Crippen LogP contribution in [0.15, 0.2) is 76.0 Å². The Morgan fingerprint density at radius 1 is 1.02 bits per heavy atom. The number of benzene rings is 2. The van der Waals surface area contributed by atoms with E-state index in [-0.39, 0.29) is 53.5 Å². The topological polar surface area (TPSA) is 162 Å². The average molecular weight is 570 g/mol. The lowest BCUT2D eigenvalue weighted by Gasteiger charge is -2.30. The van der Waals surface area contributed by atoms with Crippen molar-refractivity contribution < 1.29 is 37.2 Å². The first-order valence-electron chi connectivity index (χ1n) is 12.4. The zero-order valence-corrected chi connectivity index (χ0v) is 22.8. The van der Waals surface area contributed by atoms with Crippen LogP contribution < -0.4 is 5.32 Å². The molecule has 210 valence electrons. The zero-order chi connectivity index (χ0) is 29.2. The van der Waals surface area contributed by atoms with Gasteiger partial charge in [0.25, 0.3) is 21.6 Å². The summed E-state index contributed by atoms with van der Waals surface area (Å²) in [6.45, 7) is 4.51. The predicted octanol–water partition coefficient (Wildman–Crippen LogP) is 3.17. The van der Waals surface area contributed by atoms with Crippen LogP contribution in [0.2, 0.25) is 0 Å². The first kappa shape index (κ1) is 28.5. The lowest BCUT2D eigenvalue weighted by molar-refractivity contribution is -0.384. The Bertz CT molecular complexity index is 1580. The summed E-state index contributed by atoms with van der Waals surface area (Å²) in [7, 11) is -4.00. The maximum absolute atomic E-state index is 13.4. The highest BCUT2D eigenvalue weighted by Crippen LogP contribution is 2.40. The maximum Gasteiger partial charge on any atom is 0.336 e. The molecular formula is C27H27N3O9S. The van der Waals surface area contributed by atoms with Gasteiger partial charge in [-0.3, -0.25) is 14.9 Å². The summed E-state index contributed by atoms with van der Waals surface area (Å²) in [5.41, 5.74) is 1.12. The molecule has 2 aromatic carbocycles. The Kier molecular flexibility index (Phi) is 8.05. The maximum atomic E-state index is 13.4. The Balaban J connectivity index is 1.56. The number of nitro groups is 1. The van der Waals surface area contributed by atoms with Crippen molar-refractivity contribution in [3.63, 3.8) is 0 Å². The van der Waals surface area contributed by atoms with Crippen LogP contribution in [-0.2, 0) is 29.1 Å². The average Bonchev–Trinajstić information content (AvgIpc) is 3.11. The van der Waals surface area contributed by atoms with Crippen molar-refractivity contribution in [2.24, 2.45) is 0 Å². The molecule has 13 heteroatoms. The molecule has 4 rings (SSSR count). The molecule has 1 unspecified atom stereocenters. The molecule has 0 spiro atoms. The van der Waals surface area contributed by atoms with Gasteiger partial charge in [-0.1, -0.05) is 24.3 Å². The van der Waals surface area contributed by atoms with Crippen LogP contribution in [0.5, 0.6) is 0 Å². The van der Waals surface area contributed by atoms with E-state index in [0.717, 1.165) is 4.31 Å². The van der Waals surface area contributed by atoms with Crippen molar-refractivity contribution in [1.29, 1.82) is 0 Å². The van der Waals surface area contributed by atoms with E-state index in [1.165, 1.54) is 36.4 Å². The molecule has 0 aromatic heterocycles. The van der Waals surface area contributed by atoms with Crippen molar-refractivity contribution >= 4 is 33.6 Å². The number of sulfonamides is 1. The van der Waals surface area contributed by atoms with Crippen molar-refractivity contribution in [2.75, 3.05) is 19.8 Å². The minimum atomic E-state index is -4.00. The molecule has 1 atom stereocenters. The SMILES string of the molecule is CCOC(=O)C1=C(C)NC(C)=C(C(=O)OCCCN2C(=O)c3ccccc3S2(=O)=O)C1c1cccc([N+](=O)[O-])c1. The molecule has 40 heavy (non-hydrogen) atoms. The molecule has 1 amide bonds. The predicted molar refractivity (Wildman–Crippen MR) is 141 cm³/mol. The third-order valence-electron chi connectivity index (χ3n) is 6.54. The number of nitrogens with one attached hydrogen (secondary N) is 1. The molecule has 2 heterocycles. The van der Waals surface area contributed by atoms with Crippen molar-refractivity contribution in [2.45, 2.75) is 38.0 Å². The number of hydrogen-bond acceptors (Lipinski definition) is 10. The number of nitro benzene ring substituents is 1. The second kappa shape index (κ2) is 11.3. The summed E-state index contributed by atoms with van der Waals surface area (Å²) < 4.78 is 36.9. The van der Waals surface area contributed by atoms with Gasteiger partial charge in [-0.15, -0.1) is 0 Å². The quantitative estimate of drug-likeness (QED) is 0.205. The van der Waals surface area contributed by atoms with Crippen LogP contribution in [0.3, 0.4) is 0 Å². The summed E-state index contributed by atoms with van der Waals surface area (Å²) in [5.74, 6) is -3.18. The first-order chi connectivity index (χ1) is 19.0. The molecule has 0 fully saturated rings. The van der Waals surface area contributed by atoms with E-state index in [1.807, 2.05) is 0 Å². The lowest BCUT2D eigenvalue weighted by atomic mass is 9.80. The first-order valence-corrected chi connectivity index (χ1v) is 13.9. The number of nitrogens with zero attached hydrogens (tertiary/aromatic N) is 2. The minimum Gasteiger partial charge on any atom is -0.463 e. The molecule has 0 aliphatic carbocycles. The van der Waals surface area contributed by atoms with E-state index >= 15 is 0 Å². The highest BCUT2D eigenvalue weighted by molar-refractivity contribution is 7.90. The van der Waals surface area contributed by atoms with Gasteiger partial charge in [0, 0.05) is 36.5 Å². The third-order valence-corrected chi connectivity index (χ3v) is 8.38. The zero-order valence-electron chi connectivity index (χ0n) is 22.0. The summed E-state index contributed by atoms with van der Waals surface area (Å²) in [6.07, 6.45) is 0.0194. The largest absolute Gasteiger partial charge is 0.463 e. The van der Waals surface area contributed by atoms with Crippen molar-refractivity contribution in [3.8, 4) is 0 Å². The van der Waals surface area contributed by atoms with Gasteiger partial charge in [-0.2, -0.15) is 0 Å². The number of ether oxygens (including phenoxy) is 2. The van der Waals surface area contributed by atoms with Gasteiger partial charge in [-0.05, 0) is 38.5 Å². The highest BCUT2D eigenvalue weighted by atomic mass is 32.2. The van der Waals surface area contributed by atoms with Gasteiger partial charge in [0.15, 0.2) is 0 Å². The molecule has 0 radical (unpaired) electrons. The Morgan fingerprint density at radius 2 is 1.68 bits per heavy atom. The number of allylic oxidation sites excluding steroid dienone is 2. The smallest absolute Gasteiger partial charge is 0.336 e. The fourth-order valence-electron chi connectivity index (χ4n) is 4.80. The van der Waals surface area contributed by atoms with Gasteiger partial charge in [-0.25, -0.2) is 22.3 Å². The van der Waals surface area contributed by atoms with Crippen molar-refractivity contribution in [1.82, 2.24) is 9.62 Å². The third kappa shape index (κ3) is 5.19. The number of hydrogen-bond donors (Lipinski definition) is 1. The lowest BCUT2D eigenvalue weighted by Crippen LogP contribution is -2.33. The molecule has 1 N–H and O–H groups in total. The second-order valence-electron chi connectivity index (χ2n) is 9.08. The van der Waals surface area contributed by atoms with E-state index in [0.29, 0.717) is 17.0 Å². The monoisotopic (exact) mass is 569 g/mol. The standard InChI is InChI=1S/C27H27N3O9S/c1-4-38-26(32)22-16(2)28-17(3)23(24(22)18-9-7-10-19(15-18)30(34)35)27(33)39-14-8-13-29-25(31)20-11-5-6-12-21(20)40(29,36)37/h5-7,9-12,15,24,28H,4,8,13-14H2,1-3H3. The number of rotatable bonds is 9. The summed E-state index contributed by atoms with van der Waals surface area (Å²) >= 11 is 0. The van der Waals surface area contributed by atoms with Crippen molar-refractivity contribution in [3.05, 3.63) is 92.3 Å². The summed E-state index contributed by atoms with van der Waals surface area (Å²) in [4.78, 5) is 49.7. The van der Waals surface area contributed by atoms with Crippen LogP contribution in [0.25, 0.3) is 0 Å². The van der Waals surface area contributed by atoms with Crippen LogP contribution >= 0.6 is 0 Å². The number of carbonyl (C=O) groups excluding carboxylic acids is 3. The molecule has 2 aliphatic heterocycles. The molecule has 12 nitrogen and oxygen atoms in total. The fraction of sp³-hybridized carbons (Fsp3) is 0.296. The van der Waals surface area contributed by atoms with Gasteiger partial charge < -0.3 is 14.8 Å². The Labute approximate surface area is 230 Å². The second-order valence-corrected chi connectivity index (χ2v) is 10.9. The number of non-ortho nitro benzene ring substituents is 1. The van der Waals surface area contributed by atoms with Crippen LogP contribution in [0.4, 0.5) is 5.69 Å². The van der Waals surface area contributed by atoms with E-state index in [9.17, 15) is 32.9 Å². The summed E-state index contributed by atoms with van der Waals surface area (Å²) in [5, 5.41) is 14.4. The van der Waals surface area contributed by atoms with E-state index in [4.69, 9.17) is 9.47 Å². The molecule has 0 bridgehead atoms. The molecule has 2 aliphatic rings. The Morgan fingerprint density at radius 3 is 2.30 bits per heavy atom. The fourth-order valence-corrected chi connectivity index (χ4v) is 6.41. The number of esters is 2. The van der Waals surface area contributed by atoms with Crippen LogP contribution in [-0.4, -0.2) is 55.3 Å². The van der Waals surface area contributed by atoms with Crippen LogP contribution in [0.1, 0.15) is 49.0 Å². The highest BCUT2D eigenvalue weighted by Gasteiger charge is 2.41. The molecule has 2 aromatic rings. The van der Waals surface area contributed by atoms with E-state index < -0.39 is 38.7 Å². The van der Waals surface area contributed by atoms with Crippen LogP contribution in [0, 0.1) is 10.1 Å². The van der Waals surface area contributed by atoms with E-state index in [2.05, 4.69) is 5.32 Å². The number of carbonyl (C=O) groups is 3. The molecular weight excluding hydrogens is 542 g/mol. The van der Waals surface area contributed by atoms with Gasteiger partial charge in [0.2, 0.25) is 0 Å².